The van der Waals surface area contributed by atoms with Gasteiger partial charge in [0.1, 0.15) is 11.3 Å². The summed E-state index contributed by atoms with van der Waals surface area (Å²) >= 11 is 0. The highest BCUT2D eigenvalue weighted by molar-refractivity contribution is 6.14. The molecule has 5 nitrogen and oxygen atoms in total. The van der Waals surface area contributed by atoms with E-state index in [0.717, 1.165) is 22.4 Å². The molecule has 2 amide bonds. The minimum atomic E-state index is -1.06. The van der Waals surface area contributed by atoms with Crippen LogP contribution in [0.2, 0.25) is 0 Å². The minimum absolute atomic E-state index is 0.162. The van der Waals surface area contributed by atoms with Gasteiger partial charge in [0, 0.05) is 24.2 Å². The van der Waals surface area contributed by atoms with Crippen molar-refractivity contribution in [1.82, 2.24) is 5.32 Å². The fraction of sp³-hybridized carbons (Fsp3) is 0.231. The Morgan fingerprint density at radius 2 is 1.81 bits per heavy atom. The number of anilines is 1. The van der Waals surface area contributed by atoms with Crippen LogP contribution in [0.4, 0.5) is 5.69 Å². The quantitative estimate of drug-likeness (QED) is 0.678. The summed E-state index contributed by atoms with van der Waals surface area (Å²) in [6.07, 6.45) is 0.437. The molecule has 0 spiro atoms. The SMILES string of the molecule is COc1cccc(CNC(=O)C2(C)Cc3ccccc3C(=O)N2c2ccc(C)cc2)c1. The highest BCUT2D eigenvalue weighted by atomic mass is 16.5. The Bertz CT molecular complexity index is 1120. The van der Waals surface area contributed by atoms with E-state index in [0.29, 0.717) is 24.2 Å². The van der Waals surface area contributed by atoms with Crippen molar-refractivity contribution in [3.8, 4) is 5.75 Å². The third-order valence-electron chi connectivity index (χ3n) is 5.85. The lowest BCUT2D eigenvalue weighted by atomic mass is 9.82. The predicted molar refractivity (Wildman–Crippen MR) is 121 cm³/mol. The zero-order valence-electron chi connectivity index (χ0n) is 18.0. The summed E-state index contributed by atoms with van der Waals surface area (Å²) in [4.78, 5) is 28.7. The number of aryl methyl sites for hydroxylation is 1. The fourth-order valence-corrected chi connectivity index (χ4v) is 4.11. The molecular weight excluding hydrogens is 388 g/mol. The van der Waals surface area contributed by atoms with Gasteiger partial charge in [0.05, 0.1) is 7.11 Å². The molecule has 0 aliphatic carbocycles. The maximum absolute atomic E-state index is 13.5. The molecule has 158 valence electrons. The second kappa shape index (κ2) is 8.26. The van der Waals surface area contributed by atoms with Crippen LogP contribution in [0.5, 0.6) is 5.75 Å². The van der Waals surface area contributed by atoms with Crippen LogP contribution in [-0.2, 0) is 17.8 Å². The second-order valence-electron chi connectivity index (χ2n) is 8.12. The molecule has 1 heterocycles. The van der Waals surface area contributed by atoms with Crippen molar-refractivity contribution in [3.05, 3.63) is 95.1 Å². The van der Waals surface area contributed by atoms with Gasteiger partial charge in [0.15, 0.2) is 0 Å². The first-order chi connectivity index (χ1) is 14.9. The van der Waals surface area contributed by atoms with Crippen molar-refractivity contribution in [2.24, 2.45) is 0 Å². The van der Waals surface area contributed by atoms with Crippen LogP contribution in [0.1, 0.15) is 34.0 Å². The van der Waals surface area contributed by atoms with Gasteiger partial charge < -0.3 is 10.1 Å². The molecule has 0 fully saturated rings. The molecule has 0 aromatic heterocycles. The molecule has 3 aromatic carbocycles. The number of fused-ring (bicyclic) bond motifs is 1. The zero-order chi connectivity index (χ0) is 22.0. The van der Waals surface area contributed by atoms with Gasteiger partial charge in [0.2, 0.25) is 5.91 Å². The molecule has 0 saturated heterocycles. The van der Waals surface area contributed by atoms with Gasteiger partial charge in [-0.3, -0.25) is 14.5 Å². The molecule has 1 aliphatic heterocycles. The van der Waals surface area contributed by atoms with E-state index in [1.807, 2.05) is 86.6 Å². The molecule has 0 bridgehead atoms. The minimum Gasteiger partial charge on any atom is -0.497 e. The number of benzene rings is 3. The average molecular weight is 415 g/mol. The molecular formula is C26H26N2O3. The number of carbonyl (C=O) groups is 2. The molecule has 0 saturated carbocycles. The van der Waals surface area contributed by atoms with E-state index in [1.54, 1.807) is 12.0 Å². The number of nitrogens with zero attached hydrogens (tertiary/aromatic N) is 1. The second-order valence-corrected chi connectivity index (χ2v) is 8.12. The number of nitrogens with one attached hydrogen (secondary N) is 1. The van der Waals surface area contributed by atoms with Crippen LogP contribution in [0.25, 0.3) is 0 Å². The smallest absolute Gasteiger partial charge is 0.259 e. The highest BCUT2D eigenvalue weighted by Gasteiger charge is 2.47. The lowest BCUT2D eigenvalue weighted by molar-refractivity contribution is -0.126. The summed E-state index contributed by atoms with van der Waals surface area (Å²) in [5.74, 6) is 0.379. The van der Waals surface area contributed by atoms with Gasteiger partial charge in [-0.1, -0.05) is 48.0 Å². The zero-order valence-corrected chi connectivity index (χ0v) is 18.0. The third-order valence-corrected chi connectivity index (χ3v) is 5.85. The number of hydrogen-bond donors (Lipinski definition) is 1. The van der Waals surface area contributed by atoms with Crippen molar-refractivity contribution < 1.29 is 14.3 Å². The van der Waals surface area contributed by atoms with Crippen molar-refractivity contribution in [3.63, 3.8) is 0 Å². The van der Waals surface area contributed by atoms with E-state index in [2.05, 4.69) is 5.32 Å². The number of methoxy groups -OCH3 is 1. The third kappa shape index (κ3) is 3.91. The maximum atomic E-state index is 13.5. The summed E-state index contributed by atoms with van der Waals surface area (Å²) < 4.78 is 5.27. The fourth-order valence-electron chi connectivity index (χ4n) is 4.11. The summed E-state index contributed by atoms with van der Waals surface area (Å²) in [5, 5.41) is 3.03. The Kier molecular flexibility index (Phi) is 5.51. The molecule has 31 heavy (non-hydrogen) atoms. The Hall–Kier alpha value is -3.60. The van der Waals surface area contributed by atoms with Crippen LogP contribution in [0.15, 0.2) is 72.8 Å². The van der Waals surface area contributed by atoms with E-state index < -0.39 is 5.54 Å². The summed E-state index contributed by atoms with van der Waals surface area (Å²) in [6, 6.07) is 22.8. The topological polar surface area (TPSA) is 58.6 Å². The molecule has 4 rings (SSSR count). The van der Waals surface area contributed by atoms with Gasteiger partial charge >= 0.3 is 0 Å². The summed E-state index contributed by atoms with van der Waals surface area (Å²) in [5.41, 5.74) is 3.21. The lowest BCUT2D eigenvalue weighted by Gasteiger charge is -2.44. The molecule has 1 unspecified atom stereocenters. The number of ether oxygens (including phenoxy) is 1. The average Bonchev–Trinajstić information content (AvgIpc) is 2.79. The Morgan fingerprint density at radius 3 is 2.55 bits per heavy atom. The van der Waals surface area contributed by atoms with Crippen LogP contribution >= 0.6 is 0 Å². The van der Waals surface area contributed by atoms with Crippen molar-refractivity contribution in [2.45, 2.75) is 32.4 Å². The standard InChI is InChI=1S/C26H26N2O3/c1-18-11-13-21(14-12-18)28-24(29)23-10-5-4-8-20(23)16-26(28,2)25(30)27-17-19-7-6-9-22(15-19)31-3/h4-15H,16-17H2,1-3H3,(H,27,30). The van der Waals surface area contributed by atoms with E-state index in [4.69, 9.17) is 4.74 Å². The maximum Gasteiger partial charge on any atom is 0.259 e. The van der Waals surface area contributed by atoms with Crippen LogP contribution in [0, 0.1) is 6.92 Å². The number of rotatable bonds is 5. The molecule has 5 heteroatoms. The first-order valence-electron chi connectivity index (χ1n) is 10.3. The van der Waals surface area contributed by atoms with Crippen LogP contribution in [0.3, 0.4) is 0 Å². The Labute approximate surface area is 182 Å². The molecule has 1 atom stereocenters. The van der Waals surface area contributed by atoms with Gasteiger partial charge in [-0.05, 0) is 55.3 Å². The summed E-state index contributed by atoms with van der Waals surface area (Å²) in [7, 11) is 1.61. The van der Waals surface area contributed by atoms with E-state index in [-0.39, 0.29) is 11.8 Å². The van der Waals surface area contributed by atoms with Gasteiger partial charge in [-0.15, -0.1) is 0 Å². The molecule has 0 radical (unpaired) electrons. The van der Waals surface area contributed by atoms with Gasteiger partial charge in [0.25, 0.3) is 5.91 Å². The van der Waals surface area contributed by atoms with Gasteiger partial charge in [-0.25, -0.2) is 0 Å². The van der Waals surface area contributed by atoms with Gasteiger partial charge in [-0.2, -0.15) is 0 Å². The number of carbonyl (C=O) groups excluding carboxylic acids is 2. The van der Waals surface area contributed by atoms with Crippen molar-refractivity contribution >= 4 is 17.5 Å². The number of amides is 2. The van der Waals surface area contributed by atoms with Crippen molar-refractivity contribution in [2.75, 3.05) is 12.0 Å². The molecule has 1 N–H and O–H groups in total. The van der Waals surface area contributed by atoms with Crippen LogP contribution < -0.4 is 15.0 Å². The summed E-state index contributed by atoms with van der Waals surface area (Å²) in [6.45, 7) is 4.18. The normalized spacial score (nSPS) is 17.8. The van der Waals surface area contributed by atoms with E-state index >= 15 is 0 Å². The largest absolute Gasteiger partial charge is 0.497 e. The molecule has 3 aromatic rings. The lowest BCUT2D eigenvalue weighted by Crippen LogP contribution is -2.63. The van der Waals surface area contributed by atoms with E-state index in [1.165, 1.54) is 0 Å². The number of hydrogen-bond acceptors (Lipinski definition) is 3. The monoisotopic (exact) mass is 414 g/mol. The van der Waals surface area contributed by atoms with Crippen molar-refractivity contribution in [1.29, 1.82) is 0 Å². The van der Waals surface area contributed by atoms with E-state index in [9.17, 15) is 9.59 Å². The Balaban J connectivity index is 1.68. The first kappa shape index (κ1) is 20.7. The Morgan fingerprint density at radius 1 is 1.06 bits per heavy atom. The first-order valence-corrected chi connectivity index (χ1v) is 10.3. The highest BCUT2D eigenvalue weighted by Crippen LogP contribution is 2.35. The predicted octanol–water partition coefficient (Wildman–Crippen LogP) is 4.28. The van der Waals surface area contributed by atoms with Crippen LogP contribution in [-0.4, -0.2) is 24.5 Å². The molecule has 1 aliphatic rings.